The highest BCUT2D eigenvalue weighted by Gasteiger charge is 2.36. The largest absolute Gasteiger partial charge is 0.0616 e. The first kappa shape index (κ1) is 28.1. The molecule has 9 aromatic carbocycles. The summed E-state index contributed by atoms with van der Waals surface area (Å²) in [5, 5.41) is 10.4. The van der Waals surface area contributed by atoms with Crippen LogP contribution in [0, 0.1) is 0 Å². The first-order valence-electron chi connectivity index (χ1n) is 17.3. The average molecular weight is 623 g/mol. The summed E-state index contributed by atoms with van der Waals surface area (Å²) in [7, 11) is 0. The Kier molecular flexibility index (Phi) is 6.02. The van der Waals surface area contributed by atoms with E-state index in [1.54, 1.807) is 0 Å². The van der Waals surface area contributed by atoms with E-state index in [0.29, 0.717) is 0 Å². The highest BCUT2D eigenvalue weighted by molar-refractivity contribution is 6.23. The van der Waals surface area contributed by atoms with Crippen molar-refractivity contribution in [1.82, 2.24) is 0 Å². The van der Waals surface area contributed by atoms with E-state index in [4.69, 9.17) is 0 Å². The average Bonchev–Trinajstić information content (AvgIpc) is 3.39. The smallest absolute Gasteiger partial charge is 0.0159 e. The van der Waals surface area contributed by atoms with Gasteiger partial charge in [-0.25, -0.2) is 0 Å². The van der Waals surface area contributed by atoms with Gasteiger partial charge in [0.05, 0.1) is 0 Å². The molecule has 0 nitrogen and oxygen atoms in total. The van der Waals surface area contributed by atoms with E-state index in [1.807, 2.05) is 0 Å². The number of hydrogen-bond acceptors (Lipinski definition) is 0. The van der Waals surface area contributed by atoms with Crippen LogP contribution in [0.3, 0.4) is 0 Å². The second-order valence-electron chi connectivity index (χ2n) is 14.1. The lowest BCUT2D eigenvalue weighted by Crippen LogP contribution is -2.15. The van der Waals surface area contributed by atoms with E-state index in [2.05, 4.69) is 184 Å². The SMILES string of the molecule is CC1(C)c2cc(-c3ccc(-c4cc5ccc6ccccc6c5c5ccccc45)cc3)ccc2-c2ccc(-c3cccc4ccccc34)cc21. The Balaban J connectivity index is 1.03. The molecule has 1 aliphatic rings. The maximum absolute atomic E-state index is 2.43. The van der Waals surface area contributed by atoms with Gasteiger partial charge in [-0.05, 0) is 117 Å². The molecule has 0 unspecified atom stereocenters. The van der Waals surface area contributed by atoms with Crippen LogP contribution < -0.4 is 0 Å². The predicted molar refractivity (Wildman–Crippen MR) is 210 cm³/mol. The third-order valence-electron chi connectivity index (χ3n) is 11.1. The van der Waals surface area contributed by atoms with Crippen molar-refractivity contribution in [2.75, 3.05) is 0 Å². The van der Waals surface area contributed by atoms with E-state index < -0.39 is 0 Å². The lowest BCUT2D eigenvalue weighted by molar-refractivity contribution is 0.661. The van der Waals surface area contributed by atoms with Gasteiger partial charge in [0, 0.05) is 5.41 Å². The minimum absolute atomic E-state index is 0.102. The Hall–Kier alpha value is -5.98. The van der Waals surface area contributed by atoms with Crippen molar-refractivity contribution in [3.8, 4) is 44.5 Å². The molecule has 49 heavy (non-hydrogen) atoms. The number of hydrogen-bond donors (Lipinski definition) is 0. The van der Waals surface area contributed by atoms with Gasteiger partial charge in [0.1, 0.15) is 0 Å². The summed E-state index contributed by atoms with van der Waals surface area (Å²) >= 11 is 0. The van der Waals surface area contributed by atoms with Gasteiger partial charge in [-0.3, -0.25) is 0 Å². The lowest BCUT2D eigenvalue weighted by atomic mass is 9.80. The number of benzene rings is 9. The highest BCUT2D eigenvalue weighted by Crippen LogP contribution is 2.51. The van der Waals surface area contributed by atoms with Crippen LogP contribution in [0.1, 0.15) is 25.0 Å². The highest BCUT2D eigenvalue weighted by atomic mass is 14.4. The van der Waals surface area contributed by atoms with E-state index in [-0.39, 0.29) is 5.41 Å². The molecule has 0 radical (unpaired) electrons. The zero-order chi connectivity index (χ0) is 32.7. The summed E-state index contributed by atoms with van der Waals surface area (Å²) in [4.78, 5) is 0. The van der Waals surface area contributed by atoms with Crippen LogP contribution in [0.2, 0.25) is 0 Å². The molecule has 1 aliphatic carbocycles. The van der Waals surface area contributed by atoms with Crippen molar-refractivity contribution in [2.24, 2.45) is 0 Å². The summed E-state index contributed by atoms with van der Waals surface area (Å²) in [6.45, 7) is 4.76. The van der Waals surface area contributed by atoms with Crippen molar-refractivity contribution in [1.29, 1.82) is 0 Å². The molecule has 0 aromatic heterocycles. The fourth-order valence-corrected chi connectivity index (χ4v) is 8.52. The van der Waals surface area contributed by atoms with Crippen LogP contribution in [0.5, 0.6) is 0 Å². The third-order valence-corrected chi connectivity index (χ3v) is 11.1. The number of rotatable bonds is 3. The van der Waals surface area contributed by atoms with Crippen LogP contribution in [0.25, 0.3) is 87.6 Å². The molecular formula is C49H34. The van der Waals surface area contributed by atoms with Crippen molar-refractivity contribution >= 4 is 43.1 Å². The van der Waals surface area contributed by atoms with Gasteiger partial charge in [-0.1, -0.05) is 166 Å². The zero-order valence-corrected chi connectivity index (χ0v) is 27.7. The Morgan fingerprint density at radius 3 is 1.59 bits per heavy atom. The predicted octanol–water partition coefficient (Wildman–Crippen LogP) is 13.6. The minimum Gasteiger partial charge on any atom is -0.0616 e. The second kappa shape index (κ2) is 10.5. The summed E-state index contributed by atoms with van der Waals surface area (Å²) in [6.07, 6.45) is 0. The molecule has 0 heterocycles. The van der Waals surface area contributed by atoms with Crippen molar-refractivity contribution in [3.05, 3.63) is 181 Å². The fourth-order valence-electron chi connectivity index (χ4n) is 8.52. The molecule has 0 bridgehead atoms. The molecule has 0 N–H and O–H groups in total. The minimum atomic E-state index is -0.102. The van der Waals surface area contributed by atoms with Crippen LogP contribution in [-0.2, 0) is 5.41 Å². The Bertz CT molecular complexity index is 2770. The van der Waals surface area contributed by atoms with Gasteiger partial charge >= 0.3 is 0 Å². The summed E-state index contributed by atoms with van der Waals surface area (Å²) < 4.78 is 0. The molecule has 0 fully saturated rings. The molecule has 230 valence electrons. The molecule has 10 rings (SSSR count). The quantitative estimate of drug-likeness (QED) is 0.172. The molecule has 0 heteroatoms. The third kappa shape index (κ3) is 4.24. The molecule has 0 saturated carbocycles. The van der Waals surface area contributed by atoms with E-state index in [1.165, 1.54) is 98.7 Å². The topological polar surface area (TPSA) is 0 Å². The van der Waals surface area contributed by atoms with Crippen LogP contribution in [0.15, 0.2) is 170 Å². The Labute approximate surface area is 286 Å². The maximum Gasteiger partial charge on any atom is 0.0159 e. The summed E-state index contributed by atoms with van der Waals surface area (Å²) in [6, 6.07) is 63.1. The van der Waals surface area contributed by atoms with Crippen LogP contribution in [0.4, 0.5) is 0 Å². The summed E-state index contributed by atoms with van der Waals surface area (Å²) in [5.41, 5.74) is 13.0. The Morgan fingerprint density at radius 1 is 0.306 bits per heavy atom. The molecule has 0 atom stereocenters. The lowest BCUT2D eigenvalue weighted by Gasteiger charge is -2.23. The summed E-state index contributed by atoms with van der Waals surface area (Å²) in [5.74, 6) is 0. The van der Waals surface area contributed by atoms with Crippen LogP contribution >= 0.6 is 0 Å². The van der Waals surface area contributed by atoms with Gasteiger partial charge in [-0.2, -0.15) is 0 Å². The van der Waals surface area contributed by atoms with E-state index in [9.17, 15) is 0 Å². The molecule has 0 amide bonds. The standard InChI is InChI=1S/C49H34/c1-49(2)46-29-35(24-26-42(46)43-27-25-36(30-47(43)49)39-17-9-12-32-10-3-5-13-38(32)39)31-18-20-34(21-19-31)45-28-37-23-22-33-11-4-6-14-40(33)48(37)44-16-8-7-15-41(44)45/h3-30H,1-2H3. The molecule has 0 aliphatic heterocycles. The van der Waals surface area contributed by atoms with Gasteiger partial charge in [0.2, 0.25) is 0 Å². The first-order valence-corrected chi connectivity index (χ1v) is 17.3. The molecule has 0 spiro atoms. The van der Waals surface area contributed by atoms with Gasteiger partial charge in [-0.15, -0.1) is 0 Å². The van der Waals surface area contributed by atoms with Crippen molar-refractivity contribution < 1.29 is 0 Å². The van der Waals surface area contributed by atoms with Crippen molar-refractivity contribution in [3.63, 3.8) is 0 Å². The van der Waals surface area contributed by atoms with Gasteiger partial charge < -0.3 is 0 Å². The van der Waals surface area contributed by atoms with Crippen molar-refractivity contribution in [2.45, 2.75) is 19.3 Å². The van der Waals surface area contributed by atoms with E-state index >= 15 is 0 Å². The maximum atomic E-state index is 2.43. The van der Waals surface area contributed by atoms with Gasteiger partial charge in [0.15, 0.2) is 0 Å². The normalized spacial score (nSPS) is 13.3. The van der Waals surface area contributed by atoms with Gasteiger partial charge in [0.25, 0.3) is 0 Å². The fraction of sp³-hybridized carbons (Fsp3) is 0.0612. The monoisotopic (exact) mass is 622 g/mol. The van der Waals surface area contributed by atoms with E-state index in [0.717, 1.165) is 0 Å². The second-order valence-corrected chi connectivity index (χ2v) is 14.1. The number of fused-ring (bicyclic) bond motifs is 9. The zero-order valence-electron chi connectivity index (χ0n) is 27.7. The molecular weight excluding hydrogens is 589 g/mol. The van der Waals surface area contributed by atoms with Crippen LogP contribution in [-0.4, -0.2) is 0 Å². The molecule has 0 saturated heterocycles. The Morgan fingerprint density at radius 2 is 0.837 bits per heavy atom. The molecule has 9 aromatic rings. The first-order chi connectivity index (χ1) is 24.0.